The Morgan fingerprint density at radius 1 is 0.816 bits per heavy atom. The van der Waals surface area contributed by atoms with E-state index in [0.29, 0.717) is 18.6 Å². The van der Waals surface area contributed by atoms with Crippen molar-refractivity contribution in [2.75, 3.05) is 6.61 Å². The molecule has 0 aliphatic rings. The minimum Gasteiger partial charge on any atom is -0.492 e. The zero-order valence-electron chi connectivity index (χ0n) is 21.8. The van der Waals surface area contributed by atoms with Crippen molar-refractivity contribution < 1.29 is 9.53 Å². The fraction of sp³-hybridized carbons (Fsp3) is 0.147. The second-order valence-corrected chi connectivity index (χ2v) is 9.26. The summed E-state index contributed by atoms with van der Waals surface area (Å²) in [4.78, 5) is 13.9. The zero-order valence-corrected chi connectivity index (χ0v) is 21.8. The molecular formula is C34H32N2O2. The van der Waals surface area contributed by atoms with E-state index < -0.39 is 0 Å². The van der Waals surface area contributed by atoms with Gasteiger partial charge in [-0.3, -0.25) is 4.79 Å². The van der Waals surface area contributed by atoms with Gasteiger partial charge < -0.3 is 14.6 Å². The van der Waals surface area contributed by atoms with Gasteiger partial charge in [0.05, 0.1) is 29.6 Å². The van der Waals surface area contributed by atoms with Crippen LogP contribution in [0.4, 0.5) is 0 Å². The summed E-state index contributed by atoms with van der Waals surface area (Å²) in [5.74, 6) is 0.682. The number of ether oxygens (including phenoxy) is 1. The molecule has 0 saturated carbocycles. The first-order valence-corrected chi connectivity index (χ1v) is 13.1. The Morgan fingerprint density at radius 2 is 1.42 bits per heavy atom. The van der Waals surface area contributed by atoms with Crippen LogP contribution in [-0.2, 0) is 6.42 Å². The first-order valence-electron chi connectivity index (χ1n) is 13.1. The number of benzene rings is 4. The van der Waals surface area contributed by atoms with Gasteiger partial charge in [0.1, 0.15) is 5.75 Å². The minimum atomic E-state index is -0.162. The predicted molar refractivity (Wildman–Crippen MR) is 154 cm³/mol. The van der Waals surface area contributed by atoms with Crippen molar-refractivity contribution >= 4 is 5.91 Å². The van der Waals surface area contributed by atoms with Gasteiger partial charge in [-0.05, 0) is 55.2 Å². The number of aromatic nitrogens is 1. The maximum absolute atomic E-state index is 13.9. The van der Waals surface area contributed by atoms with E-state index in [1.165, 1.54) is 5.56 Å². The average Bonchev–Trinajstić information content (AvgIpc) is 3.31. The standard InChI is InChI=1S/C34H32N2O2/c1-3-38-33-22-14-13-21-31(33)36-25(2)29(24-32(36)28-19-11-6-12-20-28)34(37)35-30(27-17-9-5-10-18-27)23-26-15-7-4-8-16-26/h4-22,24,30H,3,23H2,1-2H3,(H,35,37). The predicted octanol–water partition coefficient (Wildman–Crippen LogP) is 7.57. The van der Waals surface area contributed by atoms with Gasteiger partial charge in [-0.1, -0.05) is 103 Å². The summed E-state index contributed by atoms with van der Waals surface area (Å²) in [7, 11) is 0. The summed E-state index contributed by atoms with van der Waals surface area (Å²) in [5, 5.41) is 3.34. The summed E-state index contributed by atoms with van der Waals surface area (Å²) in [6, 6.07) is 40.4. The Kier molecular flexibility index (Phi) is 7.70. The van der Waals surface area contributed by atoms with E-state index in [0.717, 1.165) is 34.0 Å². The first-order chi connectivity index (χ1) is 18.7. The van der Waals surface area contributed by atoms with Crippen molar-refractivity contribution in [3.05, 3.63) is 144 Å². The number of rotatable bonds is 9. The normalized spacial score (nSPS) is 11.6. The Morgan fingerprint density at radius 3 is 2.11 bits per heavy atom. The molecule has 1 unspecified atom stereocenters. The molecule has 0 spiro atoms. The van der Waals surface area contributed by atoms with Crippen molar-refractivity contribution in [1.29, 1.82) is 0 Å². The Bertz CT molecular complexity index is 1490. The highest BCUT2D eigenvalue weighted by Gasteiger charge is 2.24. The first kappa shape index (κ1) is 25.1. The van der Waals surface area contributed by atoms with E-state index >= 15 is 0 Å². The molecule has 0 fully saturated rings. The van der Waals surface area contributed by atoms with Crippen LogP contribution in [0.2, 0.25) is 0 Å². The lowest BCUT2D eigenvalue weighted by Crippen LogP contribution is -2.30. The van der Waals surface area contributed by atoms with Crippen molar-refractivity contribution in [2.45, 2.75) is 26.3 Å². The molecule has 0 saturated heterocycles. The molecule has 0 aliphatic carbocycles. The SMILES string of the molecule is CCOc1ccccc1-n1c(-c2ccccc2)cc(C(=O)NC(Cc2ccccc2)c2ccccc2)c1C. The van der Waals surface area contributed by atoms with E-state index in [2.05, 4.69) is 46.3 Å². The third kappa shape index (κ3) is 5.40. The van der Waals surface area contributed by atoms with Crippen LogP contribution >= 0.6 is 0 Å². The van der Waals surface area contributed by atoms with Crippen LogP contribution < -0.4 is 10.1 Å². The smallest absolute Gasteiger partial charge is 0.253 e. The number of hydrogen-bond donors (Lipinski definition) is 1. The highest BCUT2D eigenvalue weighted by atomic mass is 16.5. The number of amides is 1. The molecule has 0 radical (unpaired) electrons. The summed E-state index contributed by atoms with van der Waals surface area (Å²) in [5.41, 5.74) is 6.64. The van der Waals surface area contributed by atoms with Gasteiger partial charge in [0, 0.05) is 5.69 Å². The van der Waals surface area contributed by atoms with Gasteiger partial charge in [0.2, 0.25) is 0 Å². The quantitative estimate of drug-likeness (QED) is 0.227. The second kappa shape index (κ2) is 11.7. The lowest BCUT2D eigenvalue weighted by atomic mass is 9.98. The molecule has 0 bridgehead atoms. The van der Waals surface area contributed by atoms with Gasteiger partial charge in [-0.25, -0.2) is 0 Å². The lowest BCUT2D eigenvalue weighted by Gasteiger charge is -2.20. The van der Waals surface area contributed by atoms with E-state index in [1.807, 2.05) is 98.8 Å². The lowest BCUT2D eigenvalue weighted by molar-refractivity contribution is 0.0936. The van der Waals surface area contributed by atoms with E-state index in [4.69, 9.17) is 4.74 Å². The number of carbonyl (C=O) groups excluding carboxylic acids is 1. The van der Waals surface area contributed by atoms with E-state index in [9.17, 15) is 4.79 Å². The molecule has 38 heavy (non-hydrogen) atoms. The molecule has 1 aromatic heterocycles. The summed E-state index contributed by atoms with van der Waals surface area (Å²) < 4.78 is 8.10. The summed E-state index contributed by atoms with van der Waals surface area (Å²) in [6.45, 7) is 4.54. The van der Waals surface area contributed by atoms with Crippen LogP contribution in [0.5, 0.6) is 5.75 Å². The third-order valence-corrected chi connectivity index (χ3v) is 6.76. The maximum atomic E-state index is 13.9. The highest BCUT2D eigenvalue weighted by Crippen LogP contribution is 2.34. The number of para-hydroxylation sites is 2. The molecule has 1 atom stereocenters. The molecule has 4 aromatic carbocycles. The van der Waals surface area contributed by atoms with Gasteiger partial charge in [-0.15, -0.1) is 0 Å². The van der Waals surface area contributed by atoms with Crippen LogP contribution in [0.25, 0.3) is 16.9 Å². The number of nitrogens with zero attached hydrogens (tertiary/aromatic N) is 1. The molecule has 1 amide bonds. The van der Waals surface area contributed by atoms with Gasteiger partial charge in [0.25, 0.3) is 5.91 Å². The molecule has 5 aromatic rings. The molecular weight excluding hydrogens is 468 g/mol. The van der Waals surface area contributed by atoms with Crippen molar-refractivity contribution in [3.8, 4) is 22.7 Å². The molecule has 1 N–H and O–H groups in total. The Labute approximate surface area is 224 Å². The number of carbonyl (C=O) groups is 1. The van der Waals surface area contributed by atoms with E-state index in [-0.39, 0.29) is 11.9 Å². The summed E-state index contributed by atoms with van der Waals surface area (Å²) >= 11 is 0. The van der Waals surface area contributed by atoms with Crippen LogP contribution in [0.3, 0.4) is 0 Å². The fourth-order valence-electron chi connectivity index (χ4n) is 4.91. The second-order valence-electron chi connectivity index (χ2n) is 9.26. The van der Waals surface area contributed by atoms with Gasteiger partial charge >= 0.3 is 0 Å². The zero-order chi connectivity index (χ0) is 26.3. The van der Waals surface area contributed by atoms with Gasteiger partial charge in [-0.2, -0.15) is 0 Å². The van der Waals surface area contributed by atoms with Gasteiger partial charge in [0.15, 0.2) is 0 Å². The number of nitrogens with one attached hydrogen (secondary N) is 1. The number of hydrogen-bond acceptors (Lipinski definition) is 2. The fourth-order valence-corrected chi connectivity index (χ4v) is 4.91. The maximum Gasteiger partial charge on any atom is 0.253 e. The van der Waals surface area contributed by atoms with Crippen LogP contribution in [-0.4, -0.2) is 17.1 Å². The third-order valence-electron chi connectivity index (χ3n) is 6.76. The molecule has 5 rings (SSSR count). The van der Waals surface area contributed by atoms with Crippen molar-refractivity contribution in [3.63, 3.8) is 0 Å². The summed E-state index contributed by atoms with van der Waals surface area (Å²) in [6.07, 6.45) is 0.703. The monoisotopic (exact) mass is 500 g/mol. The molecule has 0 aliphatic heterocycles. The largest absolute Gasteiger partial charge is 0.492 e. The topological polar surface area (TPSA) is 43.3 Å². The Hall–Kier alpha value is -4.57. The molecule has 4 nitrogen and oxygen atoms in total. The van der Waals surface area contributed by atoms with E-state index in [1.54, 1.807) is 0 Å². The highest BCUT2D eigenvalue weighted by molar-refractivity contribution is 5.97. The van der Waals surface area contributed by atoms with Crippen LogP contribution in [0.1, 0.15) is 40.1 Å². The molecule has 190 valence electrons. The Balaban J connectivity index is 1.57. The van der Waals surface area contributed by atoms with Crippen molar-refractivity contribution in [2.24, 2.45) is 0 Å². The minimum absolute atomic E-state index is 0.0999. The average molecular weight is 501 g/mol. The van der Waals surface area contributed by atoms with Crippen LogP contribution in [0, 0.1) is 6.92 Å². The molecule has 1 heterocycles. The van der Waals surface area contributed by atoms with Crippen LogP contribution in [0.15, 0.2) is 121 Å². The molecule has 4 heteroatoms. The van der Waals surface area contributed by atoms with Crippen molar-refractivity contribution in [1.82, 2.24) is 9.88 Å².